The van der Waals surface area contributed by atoms with Crippen molar-refractivity contribution in [3.05, 3.63) is 34.3 Å². The molecule has 0 spiro atoms. The fourth-order valence-electron chi connectivity index (χ4n) is 1.13. The van der Waals surface area contributed by atoms with E-state index in [0.29, 0.717) is 5.56 Å². The van der Waals surface area contributed by atoms with Gasteiger partial charge < -0.3 is 5.73 Å². The van der Waals surface area contributed by atoms with Crippen LogP contribution in [0.3, 0.4) is 0 Å². The minimum absolute atomic E-state index is 0.0116. The number of benzene rings is 1. The average molecular weight is 224 g/mol. The Balaban J connectivity index is 3.07. The number of hydrogen-bond acceptors (Lipinski definition) is 1. The zero-order valence-corrected chi connectivity index (χ0v) is 8.15. The normalized spacial score (nSPS) is 14.1. The van der Waals surface area contributed by atoms with Crippen molar-refractivity contribution in [2.75, 3.05) is 0 Å². The standard InChI is InChI=1S/C9H9ClF3N/c1-5-2-6(4-7(10)3-5)8(14)9(11,12)13/h2-4,8H,14H2,1H3. The Hall–Kier alpha value is -0.740. The molecule has 0 aliphatic heterocycles. The van der Waals surface area contributed by atoms with Crippen molar-refractivity contribution in [3.8, 4) is 0 Å². The van der Waals surface area contributed by atoms with Crippen LogP contribution in [0.5, 0.6) is 0 Å². The molecule has 0 bridgehead atoms. The van der Waals surface area contributed by atoms with Gasteiger partial charge in [-0.25, -0.2) is 0 Å². The Labute approximate surface area is 84.7 Å². The molecule has 1 aromatic rings. The molecule has 0 heterocycles. The highest BCUT2D eigenvalue weighted by molar-refractivity contribution is 6.30. The monoisotopic (exact) mass is 223 g/mol. The molecule has 0 aromatic heterocycles. The minimum Gasteiger partial charge on any atom is -0.316 e. The molecule has 0 aliphatic carbocycles. The summed E-state index contributed by atoms with van der Waals surface area (Å²) in [6.45, 7) is 1.67. The Morgan fingerprint density at radius 3 is 2.29 bits per heavy atom. The van der Waals surface area contributed by atoms with Gasteiger partial charge in [-0.05, 0) is 30.2 Å². The molecule has 0 radical (unpaired) electrons. The number of aryl methyl sites for hydroxylation is 1. The fourth-order valence-corrected chi connectivity index (χ4v) is 1.43. The summed E-state index contributed by atoms with van der Waals surface area (Å²) in [4.78, 5) is 0. The number of halogens is 4. The molecule has 1 unspecified atom stereocenters. The summed E-state index contributed by atoms with van der Waals surface area (Å²) in [5.41, 5.74) is 5.67. The average Bonchev–Trinajstić information content (AvgIpc) is 1.99. The Morgan fingerprint density at radius 2 is 1.86 bits per heavy atom. The third-order valence-corrected chi connectivity index (χ3v) is 1.99. The third kappa shape index (κ3) is 2.62. The second-order valence-electron chi connectivity index (χ2n) is 3.08. The van der Waals surface area contributed by atoms with E-state index in [-0.39, 0.29) is 10.6 Å². The number of nitrogens with two attached hydrogens (primary N) is 1. The molecular formula is C9H9ClF3N. The maximum atomic E-state index is 12.2. The van der Waals surface area contributed by atoms with Gasteiger partial charge in [-0.15, -0.1) is 0 Å². The lowest BCUT2D eigenvalue weighted by atomic mass is 10.1. The first-order valence-corrected chi connectivity index (χ1v) is 4.28. The van der Waals surface area contributed by atoms with E-state index in [2.05, 4.69) is 0 Å². The number of alkyl halides is 3. The van der Waals surface area contributed by atoms with Crippen LogP contribution in [0.4, 0.5) is 13.2 Å². The SMILES string of the molecule is Cc1cc(Cl)cc(C(N)C(F)(F)F)c1. The highest BCUT2D eigenvalue weighted by atomic mass is 35.5. The molecule has 0 amide bonds. The van der Waals surface area contributed by atoms with E-state index in [1.807, 2.05) is 0 Å². The van der Waals surface area contributed by atoms with Crippen LogP contribution < -0.4 is 5.73 Å². The fraction of sp³-hybridized carbons (Fsp3) is 0.333. The van der Waals surface area contributed by atoms with Gasteiger partial charge in [0.15, 0.2) is 0 Å². The van der Waals surface area contributed by atoms with Crippen LogP contribution in [-0.2, 0) is 0 Å². The van der Waals surface area contributed by atoms with Crippen molar-refractivity contribution < 1.29 is 13.2 Å². The topological polar surface area (TPSA) is 26.0 Å². The zero-order valence-electron chi connectivity index (χ0n) is 7.40. The second kappa shape index (κ2) is 3.79. The van der Waals surface area contributed by atoms with Gasteiger partial charge in [-0.3, -0.25) is 0 Å². The maximum Gasteiger partial charge on any atom is 0.407 e. The lowest BCUT2D eigenvalue weighted by Gasteiger charge is -2.16. The number of rotatable bonds is 1. The van der Waals surface area contributed by atoms with Gasteiger partial charge in [0.2, 0.25) is 0 Å². The predicted octanol–water partition coefficient (Wildman–Crippen LogP) is 3.21. The lowest BCUT2D eigenvalue weighted by Crippen LogP contribution is -2.28. The highest BCUT2D eigenvalue weighted by Crippen LogP contribution is 2.31. The van der Waals surface area contributed by atoms with Crippen molar-refractivity contribution in [2.45, 2.75) is 19.1 Å². The summed E-state index contributed by atoms with van der Waals surface area (Å²) in [6, 6.07) is 2.21. The Kier molecular flexibility index (Phi) is 3.07. The van der Waals surface area contributed by atoms with Crippen LogP contribution in [0, 0.1) is 6.92 Å². The van der Waals surface area contributed by atoms with E-state index in [0.717, 1.165) is 0 Å². The third-order valence-electron chi connectivity index (χ3n) is 1.78. The summed E-state index contributed by atoms with van der Waals surface area (Å²) in [7, 11) is 0. The van der Waals surface area contributed by atoms with E-state index in [1.165, 1.54) is 12.1 Å². The first-order valence-electron chi connectivity index (χ1n) is 3.90. The molecule has 1 rings (SSSR count). The van der Waals surface area contributed by atoms with Crippen LogP contribution in [0.25, 0.3) is 0 Å². The van der Waals surface area contributed by atoms with E-state index >= 15 is 0 Å². The summed E-state index contributed by atoms with van der Waals surface area (Å²) in [5.74, 6) is 0. The Bertz CT molecular complexity index is 315. The Morgan fingerprint density at radius 1 is 1.29 bits per heavy atom. The van der Waals surface area contributed by atoms with Crippen LogP contribution in [0.1, 0.15) is 17.2 Å². The highest BCUT2D eigenvalue weighted by Gasteiger charge is 2.37. The van der Waals surface area contributed by atoms with Gasteiger partial charge in [0.05, 0.1) is 0 Å². The van der Waals surface area contributed by atoms with Crippen molar-refractivity contribution in [2.24, 2.45) is 5.73 Å². The molecule has 0 aliphatic rings. The molecule has 14 heavy (non-hydrogen) atoms. The van der Waals surface area contributed by atoms with Crippen molar-refractivity contribution in [3.63, 3.8) is 0 Å². The quantitative estimate of drug-likeness (QED) is 0.777. The minimum atomic E-state index is -4.43. The van der Waals surface area contributed by atoms with Crippen LogP contribution in [-0.4, -0.2) is 6.18 Å². The van der Waals surface area contributed by atoms with E-state index in [9.17, 15) is 13.2 Å². The van der Waals surface area contributed by atoms with Crippen LogP contribution in [0.2, 0.25) is 5.02 Å². The molecule has 5 heteroatoms. The van der Waals surface area contributed by atoms with Gasteiger partial charge in [0, 0.05) is 5.02 Å². The first-order chi connectivity index (χ1) is 6.30. The molecule has 2 N–H and O–H groups in total. The van der Waals surface area contributed by atoms with E-state index in [4.69, 9.17) is 17.3 Å². The molecule has 1 nitrogen and oxygen atoms in total. The summed E-state index contributed by atoms with van der Waals surface area (Å²) < 4.78 is 36.7. The van der Waals surface area contributed by atoms with Gasteiger partial charge in [-0.1, -0.05) is 17.7 Å². The molecule has 78 valence electrons. The van der Waals surface area contributed by atoms with Crippen molar-refractivity contribution in [1.29, 1.82) is 0 Å². The summed E-state index contributed by atoms with van der Waals surface area (Å²) in [6.07, 6.45) is -4.43. The molecule has 0 saturated carbocycles. The summed E-state index contributed by atoms with van der Waals surface area (Å²) >= 11 is 5.62. The van der Waals surface area contributed by atoms with Gasteiger partial charge in [-0.2, -0.15) is 13.2 Å². The van der Waals surface area contributed by atoms with Gasteiger partial charge >= 0.3 is 6.18 Å². The first kappa shape index (κ1) is 11.3. The van der Waals surface area contributed by atoms with Gasteiger partial charge in [0.25, 0.3) is 0 Å². The lowest BCUT2D eigenvalue weighted by molar-refractivity contribution is -0.149. The van der Waals surface area contributed by atoms with Crippen molar-refractivity contribution >= 4 is 11.6 Å². The molecule has 1 atom stereocenters. The number of hydrogen-bond donors (Lipinski definition) is 1. The largest absolute Gasteiger partial charge is 0.407 e. The van der Waals surface area contributed by atoms with Crippen LogP contribution in [0.15, 0.2) is 18.2 Å². The molecule has 0 fully saturated rings. The zero-order chi connectivity index (χ0) is 10.9. The smallest absolute Gasteiger partial charge is 0.316 e. The molecule has 0 saturated heterocycles. The maximum absolute atomic E-state index is 12.2. The second-order valence-corrected chi connectivity index (χ2v) is 3.52. The van der Waals surface area contributed by atoms with E-state index in [1.54, 1.807) is 13.0 Å². The van der Waals surface area contributed by atoms with Crippen LogP contribution >= 0.6 is 11.6 Å². The van der Waals surface area contributed by atoms with E-state index < -0.39 is 12.2 Å². The molecular weight excluding hydrogens is 215 g/mol. The van der Waals surface area contributed by atoms with Crippen molar-refractivity contribution in [1.82, 2.24) is 0 Å². The predicted molar refractivity (Wildman–Crippen MR) is 49.2 cm³/mol. The van der Waals surface area contributed by atoms with Gasteiger partial charge in [0.1, 0.15) is 6.04 Å². The molecule has 1 aromatic carbocycles. The summed E-state index contributed by atoms with van der Waals surface area (Å²) in [5, 5.41) is 0.264.